The maximum Gasteiger partial charge on any atom is 0.229 e. The quantitative estimate of drug-likeness (QED) is 0.224. The molecule has 1 aromatic heterocycles. The van der Waals surface area contributed by atoms with Gasteiger partial charge in [0.25, 0.3) is 0 Å². The first-order valence-electron chi connectivity index (χ1n) is 12.6. The molecule has 7 heteroatoms. The van der Waals surface area contributed by atoms with Crippen LogP contribution in [0.15, 0.2) is 66.7 Å². The number of carbonyl (C=O) groups is 1. The van der Waals surface area contributed by atoms with Crippen LogP contribution in [0.25, 0.3) is 11.0 Å². The number of nitrogens with zero attached hydrogens (tertiary/aromatic N) is 3. The number of carbonyl (C=O) groups excluding carboxylic acids is 1. The third-order valence-electron chi connectivity index (χ3n) is 6.52. The minimum atomic E-state index is -0.101. The summed E-state index contributed by atoms with van der Waals surface area (Å²) in [5, 5.41) is 0.658. The van der Waals surface area contributed by atoms with Crippen molar-refractivity contribution in [2.45, 2.75) is 52.8 Å². The third kappa shape index (κ3) is 6.14. The summed E-state index contributed by atoms with van der Waals surface area (Å²) in [5.41, 5.74) is 5.08. The Kier molecular flexibility index (Phi) is 8.85. The zero-order valence-electron chi connectivity index (χ0n) is 21.9. The molecule has 194 valence electrons. The van der Waals surface area contributed by atoms with E-state index in [-0.39, 0.29) is 18.6 Å². The number of aryl methyl sites for hydroxylation is 3. The van der Waals surface area contributed by atoms with Gasteiger partial charge in [-0.05, 0) is 67.8 Å². The van der Waals surface area contributed by atoms with Crippen LogP contribution < -0.4 is 9.64 Å². The number of imidazole rings is 1. The molecule has 0 saturated carbocycles. The van der Waals surface area contributed by atoms with Crippen molar-refractivity contribution < 1.29 is 14.3 Å². The lowest BCUT2D eigenvalue weighted by atomic mass is 10.0. The van der Waals surface area contributed by atoms with E-state index < -0.39 is 0 Å². The standard InChI is InChI=1S/C30H34ClN3O3/c1-5-23-10-8-9-21(2)30(23)34(22(3)19-36-4)29(35)17-18-33-27-12-7-6-11-26(27)32-28(33)20-37-25-15-13-24(31)14-16-25/h6-16,22H,5,17-20H2,1-4H3. The Balaban J connectivity index is 1.60. The fraction of sp³-hybridized carbons (Fsp3) is 0.333. The van der Waals surface area contributed by atoms with Crippen LogP contribution in [0.4, 0.5) is 5.69 Å². The zero-order valence-corrected chi connectivity index (χ0v) is 22.7. The molecule has 4 aromatic rings. The average Bonchev–Trinajstić information content (AvgIpc) is 3.25. The summed E-state index contributed by atoms with van der Waals surface area (Å²) >= 11 is 6.00. The Morgan fingerprint density at radius 2 is 1.84 bits per heavy atom. The van der Waals surface area contributed by atoms with E-state index >= 15 is 0 Å². The Morgan fingerprint density at radius 1 is 1.08 bits per heavy atom. The second-order valence-corrected chi connectivity index (χ2v) is 9.60. The molecule has 3 aromatic carbocycles. The molecule has 0 aliphatic carbocycles. The van der Waals surface area contributed by atoms with Gasteiger partial charge >= 0.3 is 0 Å². The lowest BCUT2D eigenvalue weighted by molar-refractivity contribution is -0.119. The first-order chi connectivity index (χ1) is 17.9. The van der Waals surface area contributed by atoms with Gasteiger partial charge in [-0.25, -0.2) is 4.98 Å². The summed E-state index contributed by atoms with van der Waals surface area (Å²) in [4.78, 5) is 20.5. The first-order valence-corrected chi connectivity index (χ1v) is 13.0. The highest BCUT2D eigenvalue weighted by molar-refractivity contribution is 6.30. The number of ether oxygens (including phenoxy) is 2. The van der Waals surface area contributed by atoms with Gasteiger partial charge in [0.2, 0.25) is 5.91 Å². The molecule has 0 bridgehead atoms. The largest absolute Gasteiger partial charge is 0.486 e. The van der Waals surface area contributed by atoms with Gasteiger partial charge in [-0.15, -0.1) is 0 Å². The van der Waals surface area contributed by atoms with E-state index in [1.807, 2.05) is 54.3 Å². The normalized spacial score (nSPS) is 12.0. The molecule has 0 aliphatic rings. The number of para-hydroxylation sites is 3. The van der Waals surface area contributed by atoms with Crippen molar-refractivity contribution >= 4 is 34.2 Å². The van der Waals surface area contributed by atoms with Gasteiger partial charge in [0.1, 0.15) is 18.2 Å². The first kappa shape index (κ1) is 26.7. The molecule has 1 heterocycles. The van der Waals surface area contributed by atoms with Crippen LogP contribution in [0, 0.1) is 6.92 Å². The summed E-state index contributed by atoms with van der Waals surface area (Å²) < 4.78 is 13.5. The van der Waals surface area contributed by atoms with Crippen molar-refractivity contribution in [3.05, 3.63) is 88.7 Å². The van der Waals surface area contributed by atoms with Crippen LogP contribution in [-0.4, -0.2) is 35.2 Å². The summed E-state index contributed by atoms with van der Waals surface area (Å²) in [6, 6.07) is 21.3. The maximum absolute atomic E-state index is 13.8. The van der Waals surface area contributed by atoms with Gasteiger partial charge in [0, 0.05) is 25.1 Å². The Labute approximate surface area is 223 Å². The van der Waals surface area contributed by atoms with E-state index in [4.69, 9.17) is 26.1 Å². The highest BCUT2D eigenvalue weighted by atomic mass is 35.5. The summed E-state index contributed by atoms with van der Waals surface area (Å²) in [7, 11) is 1.67. The fourth-order valence-electron chi connectivity index (χ4n) is 4.75. The highest BCUT2D eigenvalue weighted by Crippen LogP contribution is 2.29. The Bertz CT molecular complexity index is 1350. The lowest BCUT2D eigenvalue weighted by Gasteiger charge is -2.32. The number of amides is 1. The second kappa shape index (κ2) is 12.3. The van der Waals surface area contributed by atoms with Crippen molar-refractivity contribution in [2.24, 2.45) is 0 Å². The summed E-state index contributed by atoms with van der Waals surface area (Å²) in [6.07, 6.45) is 1.17. The minimum absolute atomic E-state index is 0.0518. The minimum Gasteiger partial charge on any atom is -0.486 e. The van der Waals surface area contributed by atoms with Gasteiger partial charge in [0.15, 0.2) is 0 Å². The predicted octanol–water partition coefficient (Wildman–Crippen LogP) is 6.60. The number of anilines is 1. The van der Waals surface area contributed by atoms with Gasteiger partial charge in [0.05, 0.1) is 29.4 Å². The molecule has 1 atom stereocenters. The highest BCUT2D eigenvalue weighted by Gasteiger charge is 2.26. The topological polar surface area (TPSA) is 56.6 Å². The number of halogens is 1. The van der Waals surface area contributed by atoms with Gasteiger partial charge in [-0.3, -0.25) is 4.79 Å². The molecule has 0 spiro atoms. The van der Waals surface area contributed by atoms with E-state index in [9.17, 15) is 4.79 Å². The zero-order chi connectivity index (χ0) is 26.4. The molecule has 0 saturated heterocycles. The number of hydrogen-bond donors (Lipinski definition) is 0. The summed E-state index contributed by atoms with van der Waals surface area (Å²) in [6.45, 7) is 7.44. The molecule has 0 fully saturated rings. The number of methoxy groups -OCH3 is 1. The smallest absolute Gasteiger partial charge is 0.229 e. The van der Waals surface area contributed by atoms with E-state index in [0.29, 0.717) is 30.3 Å². The van der Waals surface area contributed by atoms with Gasteiger partial charge in [-0.1, -0.05) is 48.9 Å². The SMILES string of the molecule is CCc1cccc(C)c1N(C(=O)CCn1c(COc2ccc(Cl)cc2)nc2ccccc21)C(C)COC. The van der Waals surface area contributed by atoms with Gasteiger partial charge in [-0.2, -0.15) is 0 Å². The van der Waals surface area contributed by atoms with E-state index in [0.717, 1.165) is 40.1 Å². The molecule has 0 N–H and O–H groups in total. The number of rotatable bonds is 11. The summed E-state index contributed by atoms with van der Waals surface area (Å²) in [5.74, 6) is 1.53. The molecule has 37 heavy (non-hydrogen) atoms. The molecular formula is C30H34ClN3O3. The monoisotopic (exact) mass is 519 g/mol. The van der Waals surface area contributed by atoms with Gasteiger partial charge < -0.3 is 18.9 Å². The predicted molar refractivity (Wildman–Crippen MR) is 150 cm³/mol. The van der Waals surface area contributed by atoms with Crippen molar-refractivity contribution in [3.8, 4) is 5.75 Å². The fourth-order valence-corrected chi connectivity index (χ4v) is 4.87. The molecule has 1 amide bonds. The van der Waals surface area contributed by atoms with Crippen LogP contribution in [0.1, 0.15) is 37.2 Å². The number of hydrogen-bond acceptors (Lipinski definition) is 4. The second-order valence-electron chi connectivity index (χ2n) is 9.17. The third-order valence-corrected chi connectivity index (χ3v) is 6.78. The van der Waals surface area contributed by atoms with Crippen molar-refractivity contribution in [1.29, 1.82) is 0 Å². The van der Waals surface area contributed by atoms with Crippen LogP contribution >= 0.6 is 11.6 Å². The molecule has 4 rings (SSSR count). The van der Waals surface area contributed by atoms with Crippen molar-refractivity contribution in [2.75, 3.05) is 18.6 Å². The number of benzene rings is 3. The van der Waals surface area contributed by atoms with E-state index in [1.54, 1.807) is 19.2 Å². The molecule has 6 nitrogen and oxygen atoms in total. The number of aromatic nitrogens is 2. The molecular weight excluding hydrogens is 486 g/mol. The Hall–Kier alpha value is -3.35. The average molecular weight is 520 g/mol. The molecule has 0 aliphatic heterocycles. The van der Waals surface area contributed by atoms with Crippen molar-refractivity contribution in [1.82, 2.24) is 9.55 Å². The lowest BCUT2D eigenvalue weighted by Crippen LogP contribution is -2.42. The van der Waals surface area contributed by atoms with Crippen LogP contribution in [0.5, 0.6) is 5.75 Å². The van der Waals surface area contributed by atoms with Crippen molar-refractivity contribution in [3.63, 3.8) is 0 Å². The van der Waals surface area contributed by atoms with Crippen LogP contribution in [0.2, 0.25) is 5.02 Å². The number of fused-ring (bicyclic) bond motifs is 1. The van der Waals surface area contributed by atoms with Crippen LogP contribution in [0.3, 0.4) is 0 Å². The Morgan fingerprint density at radius 3 is 2.57 bits per heavy atom. The van der Waals surface area contributed by atoms with E-state index in [2.05, 4.69) is 30.5 Å². The van der Waals surface area contributed by atoms with E-state index in [1.165, 1.54) is 0 Å². The molecule has 0 radical (unpaired) electrons. The molecule has 1 unspecified atom stereocenters. The van der Waals surface area contributed by atoms with Crippen LogP contribution in [-0.2, 0) is 29.1 Å². The maximum atomic E-state index is 13.8.